The van der Waals surface area contributed by atoms with E-state index in [2.05, 4.69) is 5.32 Å². The van der Waals surface area contributed by atoms with Crippen molar-refractivity contribution in [2.45, 2.75) is 13.2 Å². The zero-order chi connectivity index (χ0) is 17.1. The standard InChI is InChI=1S/C17H17NO6/c1-10(19)18-13(16(20)21-2)9-12-11-5-3-4-6-14(11)24-15(12)17-22-7-8-23-17/h3-6,9,17H,7-8H2,1-2H3,(H,18,19). The molecule has 126 valence electrons. The molecule has 1 N–H and O–H groups in total. The number of esters is 1. The van der Waals surface area contributed by atoms with Crippen molar-refractivity contribution < 1.29 is 28.2 Å². The first-order chi connectivity index (χ1) is 11.6. The third-order valence-corrected chi connectivity index (χ3v) is 3.50. The Balaban J connectivity index is 2.14. The molecule has 2 heterocycles. The molecule has 1 aliphatic rings. The third-order valence-electron chi connectivity index (χ3n) is 3.50. The van der Waals surface area contributed by atoms with Crippen molar-refractivity contribution in [2.75, 3.05) is 20.3 Å². The van der Waals surface area contributed by atoms with E-state index in [4.69, 9.17) is 18.6 Å². The number of carbonyl (C=O) groups is 2. The number of para-hydroxylation sites is 1. The van der Waals surface area contributed by atoms with Crippen LogP contribution in [0.4, 0.5) is 0 Å². The Kier molecular flexibility index (Phi) is 4.64. The van der Waals surface area contributed by atoms with Gasteiger partial charge in [-0.2, -0.15) is 0 Å². The molecule has 1 fully saturated rings. The Morgan fingerprint density at radius 2 is 1.96 bits per heavy atom. The number of methoxy groups -OCH3 is 1. The van der Waals surface area contributed by atoms with Crippen LogP contribution >= 0.6 is 0 Å². The third kappa shape index (κ3) is 3.17. The van der Waals surface area contributed by atoms with Gasteiger partial charge in [-0.3, -0.25) is 4.79 Å². The predicted octanol–water partition coefficient (Wildman–Crippen LogP) is 2.13. The SMILES string of the molecule is COC(=O)C(=Cc1c(C2OCCO2)oc2ccccc12)NC(C)=O. The fourth-order valence-corrected chi connectivity index (χ4v) is 2.51. The molecule has 0 bridgehead atoms. The zero-order valence-corrected chi connectivity index (χ0v) is 13.3. The van der Waals surface area contributed by atoms with Crippen LogP contribution in [0.2, 0.25) is 0 Å². The van der Waals surface area contributed by atoms with E-state index in [0.717, 1.165) is 5.39 Å². The van der Waals surface area contributed by atoms with E-state index in [9.17, 15) is 9.59 Å². The maximum atomic E-state index is 11.9. The first kappa shape index (κ1) is 16.2. The minimum absolute atomic E-state index is 0.0100. The molecule has 2 aromatic rings. The Labute approximate surface area is 138 Å². The van der Waals surface area contributed by atoms with Crippen molar-refractivity contribution in [3.8, 4) is 0 Å². The van der Waals surface area contributed by atoms with Crippen molar-refractivity contribution in [1.29, 1.82) is 0 Å². The Morgan fingerprint density at radius 3 is 2.62 bits per heavy atom. The zero-order valence-electron chi connectivity index (χ0n) is 13.3. The molecule has 1 amide bonds. The Hall–Kier alpha value is -2.64. The number of ether oxygens (including phenoxy) is 3. The molecule has 0 radical (unpaired) electrons. The number of rotatable bonds is 4. The van der Waals surface area contributed by atoms with Gasteiger partial charge >= 0.3 is 5.97 Å². The molecule has 0 unspecified atom stereocenters. The van der Waals surface area contributed by atoms with E-state index in [0.29, 0.717) is 30.1 Å². The molecular formula is C17H17NO6. The van der Waals surface area contributed by atoms with Crippen molar-refractivity contribution in [3.05, 3.63) is 41.3 Å². The highest BCUT2D eigenvalue weighted by Gasteiger charge is 2.27. The summed E-state index contributed by atoms with van der Waals surface area (Å²) in [7, 11) is 1.25. The van der Waals surface area contributed by atoms with Gasteiger partial charge in [-0.15, -0.1) is 0 Å². The lowest BCUT2D eigenvalue weighted by atomic mass is 10.1. The fraction of sp³-hybridized carbons (Fsp3) is 0.294. The van der Waals surface area contributed by atoms with Gasteiger partial charge in [-0.05, 0) is 12.1 Å². The van der Waals surface area contributed by atoms with E-state index in [1.165, 1.54) is 20.1 Å². The monoisotopic (exact) mass is 331 g/mol. The molecule has 0 atom stereocenters. The molecule has 7 nitrogen and oxygen atoms in total. The van der Waals surface area contributed by atoms with Crippen LogP contribution in [0.5, 0.6) is 0 Å². The molecule has 1 saturated heterocycles. The summed E-state index contributed by atoms with van der Waals surface area (Å²) in [6, 6.07) is 7.35. The number of benzene rings is 1. The summed E-state index contributed by atoms with van der Waals surface area (Å²) in [5.74, 6) is -0.593. The van der Waals surface area contributed by atoms with E-state index in [-0.39, 0.29) is 11.6 Å². The summed E-state index contributed by atoms with van der Waals surface area (Å²) < 4.78 is 21.6. The smallest absolute Gasteiger partial charge is 0.354 e. The van der Waals surface area contributed by atoms with Crippen LogP contribution in [0.15, 0.2) is 34.4 Å². The molecule has 1 aromatic carbocycles. The number of hydrogen-bond acceptors (Lipinski definition) is 6. The summed E-state index contributed by atoms with van der Waals surface area (Å²) in [5.41, 5.74) is 1.24. The second kappa shape index (κ2) is 6.86. The van der Waals surface area contributed by atoms with E-state index >= 15 is 0 Å². The first-order valence-corrected chi connectivity index (χ1v) is 7.42. The van der Waals surface area contributed by atoms with Gasteiger partial charge in [0.05, 0.1) is 20.3 Å². The molecule has 1 aromatic heterocycles. The number of furan rings is 1. The molecule has 0 spiro atoms. The van der Waals surface area contributed by atoms with Gasteiger partial charge in [0.1, 0.15) is 11.3 Å². The minimum atomic E-state index is -0.658. The van der Waals surface area contributed by atoms with Crippen molar-refractivity contribution in [2.24, 2.45) is 0 Å². The van der Waals surface area contributed by atoms with Gasteiger partial charge in [0.25, 0.3) is 0 Å². The quantitative estimate of drug-likeness (QED) is 0.682. The molecule has 24 heavy (non-hydrogen) atoms. The van der Waals surface area contributed by atoms with Gasteiger partial charge in [-0.25, -0.2) is 4.79 Å². The first-order valence-electron chi connectivity index (χ1n) is 7.42. The van der Waals surface area contributed by atoms with E-state index in [1.54, 1.807) is 6.07 Å². The topological polar surface area (TPSA) is 87.0 Å². The number of amides is 1. The van der Waals surface area contributed by atoms with Crippen LogP contribution in [0.25, 0.3) is 17.0 Å². The van der Waals surface area contributed by atoms with Gasteiger partial charge in [0, 0.05) is 17.9 Å². The molecule has 7 heteroatoms. The summed E-state index contributed by atoms with van der Waals surface area (Å²) >= 11 is 0. The number of fused-ring (bicyclic) bond motifs is 1. The minimum Gasteiger partial charge on any atom is -0.464 e. The number of carbonyl (C=O) groups excluding carboxylic acids is 2. The van der Waals surface area contributed by atoms with Crippen LogP contribution in [-0.2, 0) is 23.8 Å². The van der Waals surface area contributed by atoms with Crippen LogP contribution in [0.3, 0.4) is 0 Å². The van der Waals surface area contributed by atoms with Gasteiger partial charge in [-0.1, -0.05) is 18.2 Å². The second-order valence-corrected chi connectivity index (χ2v) is 5.18. The molecule has 3 rings (SSSR count). The average molecular weight is 331 g/mol. The predicted molar refractivity (Wildman–Crippen MR) is 84.7 cm³/mol. The fourth-order valence-electron chi connectivity index (χ4n) is 2.51. The van der Waals surface area contributed by atoms with Crippen LogP contribution in [-0.4, -0.2) is 32.2 Å². The lowest BCUT2D eigenvalue weighted by Crippen LogP contribution is -2.25. The van der Waals surface area contributed by atoms with Gasteiger partial charge in [0.15, 0.2) is 5.76 Å². The highest BCUT2D eigenvalue weighted by Crippen LogP contribution is 2.35. The van der Waals surface area contributed by atoms with Crippen LogP contribution in [0.1, 0.15) is 24.5 Å². The van der Waals surface area contributed by atoms with Crippen molar-refractivity contribution in [1.82, 2.24) is 5.32 Å². The van der Waals surface area contributed by atoms with Crippen molar-refractivity contribution >= 4 is 28.9 Å². The van der Waals surface area contributed by atoms with Crippen LogP contribution < -0.4 is 5.32 Å². The average Bonchev–Trinajstić information content (AvgIpc) is 3.21. The summed E-state index contributed by atoms with van der Waals surface area (Å²) in [6.07, 6.45) is 0.860. The van der Waals surface area contributed by atoms with E-state index < -0.39 is 12.3 Å². The lowest BCUT2D eigenvalue weighted by Gasteiger charge is -2.09. The highest BCUT2D eigenvalue weighted by atomic mass is 16.7. The maximum absolute atomic E-state index is 11.9. The number of hydrogen-bond donors (Lipinski definition) is 1. The lowest BCUT2D eigenvalue weighted by molar-refractivity contribution is -0.137. The second-order valence-electron chi connectivity index (χ2n) is 5.18. The summed E-state index contributed by atoms with van der Waals surface area (Å²) in [4.78, 5) is 23.3. The molecule has 1 aliphatic heterocycles. The highest BCUT2D eigenvalue weighted by molar-refractivity contribution is 6.00. The molecular weight excluding hydrogens is 314 g/mol. The molecule has 0 aliphatic carbocycles. The largest absolute Gasteiger partial charge is 0.464 e. The Bertz CT molecular complexity index is 801. The van der Waals surface area contributed by atoms with Gasteiger partial charge < -0.3 is 23.9 Å². The van der Waals surface area contributed by atoms with Crippen LogP contribution in [0, 0.1) is 0 Å². The molecule has 0 saturated carbocycles. The summed E-state index contributed by atoms with van der Waals surface area (Å²) in [6.45, 7) is 2.23. The van der Waals surface area contributed by atoms with E-state index in [1.807, 2.05) is 18.2 Å². The Morgan fingerprint density at radius 1 is 1.25 bits per heavy atom. The van der Waals surface area contributed by atoms with Gasteiger partial charge in [0.2, 0.25) is 12.2 Å². The number of nitrogens with one attached hydrogen (secondary N) is 1. The summed E-state index contributed by atoms with van der Waals surface area (Å²) in [5, 5.41) is 3.25. The van der Waals surface area contributed by atoms with Crippen molar-refractivity contribution in [3.63, 3.8) is 0 Å². The maximum Gasteiger partial charge on any atom is 0.354 e. The normalized spacial score (nSPS) is 15.7.